The van der Waals surface area contributed by atoms with E-state index in [-0.39, 0.29) is 0 Å². The Morgan fingerprint density at radius 3 is 2.94 bits per heavy atom. The average Bonchev–Trinajstić information content (AvgIpc) is 2.75. The summed E-state index contributed by atoms with van der Waals surface area (Å²) in [5, 5.41) is 7.16. The number of para-hydroxylation sites is 1. The molecular formula is C12H12N2O2. The zero-order valence-electron chi connectivity index (χ0n) is 8.99. The molecule has 1 aliphatic heterocycles. The number of hydrogen-bond donors (Lipinski definition) is 1. The summed E-state index contributed by atoms with van der Waals surface area (Å²) in [7, 11) is 0. The number of aromatic amines is 1. The Kier molecular flexibility index (Phi) is 2.06. The first-order valence-corrected chi connectivity index (χ1v) is 5.25. The highest BCUT2D eigenvalue weighted by Gasteiger charge is 2.17. The second kappa shape index (κ2) is 3.56. The Bertz CT molecular complexity index is 519. The number of hydrogen-bond acceptors (Lipinski definition) is 3. The summed E-state index contributed by atoms with van der Waals surface area (Å²) >= 11 is 0. The number of ether oxygens (including phenoxy) is 2. The first kappa shape index (κ1) is 9.27. The fraction of sp³-hybridized carbons (Fsp3) is 0.250. The van der Waals surface area contributed by atoms with Gasteiger partial charge in [0.05, 0.1) is 5.69 Å². The molecular weight excluding hydrogens is 204 g/mol. The number of rotatable bonds is 1. The minimum atomic E-state index is 0.591. The summed E-state index contributed by atoms with van der Waals surface area (Å²) in [6, 6.07) is 7.85. The second-order valence-corrected chi connectivity index (χ2v) is 3.77. The van der Waals surface area contributed by atoms with Crippen LogP contribution in [0.25, 0.3) is 11.3 Å². The molecule has 16 heavy (non-hydrogen) atoms. The van der Waals surface area contributed by atoms with Gasteiger partial charge >= 0.3 is 0 Å². The second-order valence-electron chi connectivity index (χ2n) is 3.77. The van der Waals surface area contributed by atoms with Crippen molar-refractivity contribution in [3.63, 3.8) is 0 Å². The van der Waals surface area contributed by atoms with Gasteiger partial charge in [-0.15, -0.1) is 0 Å². The Balaban J connectivity index is 2.13. The van der Waals surface area contributed by atoms with E-state index < -0.39 is 0 Å². The molecule has 1 aliphatic rings. The normalized spacial score (nSPS) is 13.8. The van der Waals surface area contributed by atoms with Crippen LogP contribution in [0.4, 0.5) is 0 Å². The lowest BCUT2D eigenvalue weighted by atomic mass is 10.1. The van der Waals surface area contributed by atoms with Crippen molar-refractivity contribution in [2.24, 2.45) is 0 Å². The molecule has 0 saturated heterocycles. The quantitative estimate of drug-likeness (QED) is 0.794. The predicted octanol–water partition coefficient (Wildman–Crippen LogP) is 2.16. The first-order valence-electron chi connectivity index (χ1n) is 5.25. The van der Waals surface area contributed by atoms with Gasteiger partial charge in [-0.05, 0) is 25.1 Å². The maximum atomic E-state index is 5.64. The highest BCUT2D eigenvalue weighted by Crippen LogP contribution is 2.38. The topological polar surface area (TPSA) is 47.1 Å². The van der Waals surface area contributed by atoms with Gasteiger partial charge in [-0.2, -0.15) is 5.10 Å². The number of nitrogens with zero attached hydrogens (tertiary/aromatic N) is 1. The maximum absolute atomic E-state index is 5.64. The number of benzene rings is 1. The summed E-state index contributed by atoms with van der Waals surface area (Å²) < 4.78 is 11.2. The molecule has 2 aromatic rings. The van der Waals surface area contributed by atoms with E-state index in [1.165, 1.54) is 0 Å². The molecule has 0 amide bonds. The van der Waals surface area contributed by atoms with Gasteiger partial charge in [-0.25, -0.2) is 0 Å². The molecule has 4 nitrogen and oxygen atoms in total. The summed E-state index contributed by atoms with van der Waals surface area (Å²) in [5.74, 6) is 1.59. The van der Waals surface area contributed by atoms with Gasteiger partial charge in [0.25, 0.3) is 0 Å². The molecule has 0 aliphatic carbocycles. The van der Waals surface area contributed by atoms with E-state index in [1.807, 2.05) is 31.2 Å². The fourth-order valence-corrected chi connectivity index (χ4v) is 1.83. The van der Waals surface area contributed by atoms with Crippen LogP contribution < -0.4 is 9.47 Å². The van der Waals surface area contributed by atoms with Crippen LogP contribution in [0.15, 0.2) is 24.3 Å². The first-order chi connectivity index (χ1) is 7.84. The van der Waals surface area contributed by atoms with Crippen LogP contribution in [0.1, 0.15) is 5.69 Å². The predicted molar refractivity (Wildman–Crippen MR) is 59.8 cm³/mol. The standard InChI is InChI=1S/C12H12N2O2/c1-8-7-10(14-13-8)9-3-2-4-11-12(9)16-6-5-15-11/h2-4,7H,5-6H2,1H3,(H,13,14). The van der Waals surface area contributed by atoms with Gasteiger partial charge in [0, 0.05) is 11.3 Å². The van der Waals surface area contributed by atoms with Crippen molar-refractivity contribution >= 4 is 0 Å². The molecule has 0 spiro atoms. The molecule has 0 unspecified atom stereocenters. The van der Waals surface area contributed by atoms with E-state index in [4.69, 9.17) is 9.47 Å². The number of fused-ring (bicyclic) bond motifs is 1. The van der Waals surface area contributed by atoms with E-state index in [0.717, 1.165) is 28.5 Å². The highest BCUT2D eigenvalue weighted by molar-refractivity contribution is 5.71. The minimum absolute atomic E-state index is 0.591. The third-order valence-electron chi connectivity index (χ3n) is 2.55. The van der Waals surface area contributed by atoms with Gasteiger partial charge in [-0.1, -0.05) is 6.07 Å². The Labute approximate surface area is 93.2 Å². The number of aromatic nitrogens is 2. The summed E-state index contributed by atoms with van der Waals surface area (Å²) in [6.07, 6.45) is 0. The van der Waals surface area contributed by atoms with Crippen LogP contribution in [0, 0.1) is 6.92 Å². The lowest BCUT2D eigenvalue weighted by Crippen LogP contribution is -2.15. The van der Waals surface area contributed by atoms with Crippen LogP contribution >= 0.6 is 0 Å². The molecule has 1 aromatic heterocycles. The smallest absolute Gasteiger partial charge is 0.170 e. The van der Waals surface area contributed by atoms with E-state index in [1.54, 1.807) is 0 Å². The molecule has 2 heterocycles. The van der Waals surface area contributed by atoms with Crippen LogP contribution in [-0.2, 0) is 0 Å². The zero-order valence-corrected chi connectivity index (χ0v) is 8.99. The zero-order chi connectivity index (χ0) is 11.0. The Morgan fingerprint density at radius 1 is 1.25 bits per heavy atom. The largest absolute Gasteiger partial charge is 0.486 e. The van der Waals surface area contributed by atoms with Gasteiger partial charge in [-0.3, -0.25) is 5.10 Å². The number of aryl methyl sites for hydroxylation is 1. The number of H-pyrrole nitrogens is 1. The third-order valence-corrected chi connectivity index (χ3v) is 2.55. The summed E-state index contributed by atoms with van der Waals surface area (Å²) in [5.41, 5.74) is 2.89. The van der Waals surface area contributed by atoms with E-state index in [9.17, 15) is 0 Å². The fourth-order valence-electron chi connectivity index (χ4n) is 1.83. The Morgan fingerprint density at radius 2 is 2.12 bits per heavy atom. The molecule has 0 bridgehead atoms. The van der Waals surface area contributed by atoms with Gasteiger partial charge in [0.15, 0.2) is 11.5 Å². The van der Waals surface area contributed by atoms with Crippen molar-refractivity contribution in [3.05, 3.63) is 30.0 Å². The SMILES string of the molecule is Cc1cc(-c2cccc3c2OCCO3)n[nH]1. The lowest BCUT2D eigenvalue weighted by Gasteiger charge is -2.20. The molecule has 82 valence electrons. The van der Waals surface area contributed by atoms with Crippen molar-refractivity contribution in [2.75, 3.05) is 13.2 Å². The van der Waals surface area contributed by atoms with Crippen LogP contribution in [0.5, 0.6) is 11.5 Å². The highest BCUT2D eigenvalue weighted by atomic mass is 16.6. The van der Waals surface area contributed by atoms with E-state index in [2.05, 4.69) is 10.2 Å². The van der Waals surface area contributed by atoms with Crippen molar-refractivity contribution in [1.82, 2.24) is 10.2 Å². The lowest BCUT2D eigenvalue weighted by molar-refractivity contribution is 0.172. The van der Waals surface area contributed by atoms with Crippen molar-refractivity contribution in [3.8, 4) is 22.8 Å². The van der Waals surface area contributed by atoms with Gasteiger partial charge < -0.3 is 9.47 Å². The molecule has 4 heteroatoms. The molecule has 1 N–H and O–H groups in total. The van der Waals surface area contributed by atoms with Gasteiger partial charge in [0.1, 0.15) is 13.2 Å². The summed E-state index contributed by atoms with van der Waals surface area (Å²) in [4.78, 5) is 0. The molecule has 0 saturated carbocycles. The third kappa shape index (κ3) is 1.43. The monoisotopic (exact) mass is 216 g/mol. The van der Waals surface area contributed by atoms with Crippen molar-refractivity contribution in [2.45, 2.75) is 6.92 Å². The van der Waals surface area contributed by atoms with E-state index >= 15 is 0 Å². The van der Waals surface area contributed by atoms with Crippen LogP contribution in [0.3, 0.4) is 0 Å². The molecule has 0 radical (unpaired) electrons. The molecule has 0 fully saturated rings. The summed E-state index contributed by atoms with van der Waals surface area (Å²) in [6.45, 7) is 3.17. The minimum Gasteiger partial charge on any atom is -0.486 e. The number of nitrogens with one attached hydrogen (secondary N) is 1. The van der Waals surface area contributed by atoms with Gasteiger partial charge in [0.2, 0.25) is 0 Å². The molecule has 3 rings (SSSR count). The average molecular weight is 216 g/mol. The molecule has 1 aromatic carbocycles. The Hall–Kier alpha value is -1.97. The van der Waals surface area contributed by atoms with Crippen molar-refractivity contribution < 1.29 is 9.47 Å². The molecule has 0 atom stereocenters. The van der Waals surface area contributed by atoms with E-state index in [0.29, 0.717) is 13.2 Å². The van der Waals surface area contributed by atoms with Crippen LogP contribution in [-0.4, -0.2) is 23.4 Å². The van der Waals surface area contributed by atoms with Crippen LogP contribution in [0.2, 0.25) is 0 Å². The maximum Gasteiger partial charge on any atom is 0.170 e. The van der Waals surface area contributed by atoms with Crippen molar-refractivity contribution in [1.29, 1.82) is 0 Å².